The lowest BCUT2D eigenvalue weighted by atomic mass is 10.7. The Morgan fingerprint density at radius 1 is 1.42 bits per heavy atom. The summed E-state index contributed by atoms with van der Waals surface area (Å²) in [6.45, 7) is 3.77. The van der Waals surface area contributed by atoms with Crippen molar-refractivity contribution in [1.82, 2.24) is 10.2 Å². The van der Waals surface area contributed by atoms with Crippen molar-refractivity contribution in [1.29, 1.82) is 0 Å². The highest BCUT2D eigenvalue weighted by molar-refractivity contribution is 9.11. The summed E-state index contributed by atoms with van der Waals surface area (Å²) < 4.78 is 11.0. The average Bonchev–Trinajstić information content (AvgIpc) is 2.45. The monoisotopic (exact) mass is 252 g/mol. The topological polar surface area (TPSA) is 44.2 Å². The highest BCUT2D eigenvalue weighted by Gasteiger charge is 2.00. The molecule has 0 unspecified atom stereocenters. The molecule has 0 saturated carbocycles. The van der Waals surface area contributed by atoms with E-state index in [-0.39, 0.29) is 0 Å². The third-order valence-electron chi connectivity index (χ3n) is 1.04. The zero-order valence-electron chi connectivity index (χ0n) is 6.62. The summed E-state index contributed by atoms with van der Waals surface area (Å²) in [4.78, 5) is 0. The molecule has 68 valence electrons. The minimum Gasteiger partial charge on any atom is -0.466 e. The lowest BCUT2D eigenvalue weighted by Crippen LogP contribution is -2.05. The molecule has 6 heteroatoms. The van der Waals surface area contributed by atoms with E-state index in [1.165, 1.54) is 11.3 Å². The average molecular weight is 253 g/mol. The fourth-order valence-electron chi connectivity index (χ4n) is 0.584. The second kappa shape index (κ2) is 5.45. The van der Waals surface area contributed by atoms with E-state index in [1.54, 1.807) is 0 Å². The van der Waals surface area contributed by atoms with Crippen LogP contribution >= 0.6 is 27.3 Å². The van der Waals surface area contributed by atoms with Crippen molar-refractivity contribution in [3.63, 3.8) is 0 Å². The van der Waals surface area contributed by atoms with E-state index in [4.69, 9.17) is 9.47 Å². The summed E-state index contributed by atoms with van der Waals surface area (Å²) in [5.74, 6) is 0. The van der Waals surface area contributed by atoms with Crippen LogP contribution < -0.4 is 4.74 Å². The first-order valence-corrected chi connectivity index (χ1v) is 5.13. The molecule has 1 heterocycles. The summed E-state index contributed by atoms with van der Waals surface area (Å²) in [6.07, 6.45) is 0. The van der Waals surface area contributed by atoms with Crippen molar-refractivity contribution in [3.05, 3.63) is 3.92 Å². The SMILES string of the molecule is CCOCCOc1nnc(Br)s1. The van der Waals surface area contributed by atoms with Crippen LogP contribution in [0.2, 0.25) is 0 Å². The quantitative estimate of drug-likeness (QED) is 0.749. The van der Waals surface area contributed by atoms with Crippen molar-refractivity contribution in [2.75, 3.05) is 19.8 Å². The lowest BCUT2D eigenvalue weighted by Gasteiger charge is -2.00. The third-order valence-corrected chi connectivity index (χ3v) is 2.31. The normalized spacial score (nSPS) is 10.2. The smallest absolute Gasteiger partial charge is 0.294 e. The molecule has 0 aliphatic heterocycles. The molecule has 1 aromatic rings. The van der Waals surface area contributed by atoms with Gasteiger partial charge in [0.25, 0.3) is 5.19 Å². The van der Waals surface area contributed by atoms with Crippen LogP contribution in [0.15, 0.2) is 3.92 Å². The zero-order chi connectivity index (χ0) is 8.81. The van der Waals surface area contributed by atoms with E-state index in [0.717, 1.165) is 3.92 Å². The Bertz CT molecular complexity index is 231. The molecule has 4 nitrogen and oxygen atoms in total. The van der Waals surface area contributed by atoms with Gasteiger partial charge in [-0.05, 0) is 34.2 Å². The Kier molecular flexibility index (Phi) is 4.49. The molecule has 0 saturated heterocycles. The van der Waals surface area contributed by atoms with Crippen molar-refractivity contribution in [2.45, 2.75) is 6.92 Å². The van der Waals surface area contributed by atoms with Gasteiger partial charge in [-0.1, -0.05) is 5.10 Å². The highest BCUT2D eigenvalue weighted by Crippen LogP contribution is 2.21. The molecule has 0 atom stereocenters. The van der Waals surface area contributed by atoms with Crippen molar-refractivity contribution < 1.29 is 9.47 Å². The maximum Gasteiger partial charge on any atom is 0.294 e. The maximum atomic E-state index is 5.22. The molecular weight excluding hydrogens is 244 g/mol. The first-order chi connectivity index (χ1) is 5.83. The molecule has 0 spiro atoms. The van der Waals surface area contributed by atoms with Gasteiger partial charge in [-0.25, -0.2) is 0 Å². The van der Waals surface area contributed by atoms with E-state index in [0.29, 0.717) is 25.0 Å². The van der Waals surface area contributed by atoms with Gasteiger partial charge in [-0.3, -0.25) is 0 Å². The molecule has 0 amide bonds. The van der Waals surface area contributed by atoms with E-state index >= 15 is 0 Å². The molecular formula is C6H9BrN2O2S. The standard InChI is InChI=1S/C6H9BrN2O2S/c1-2-10-3-4-11-6-9-8-5(7)12-6/h2-4H2,1H3. The molecule has 1 aromatic heterocycles. The Hall–Kier alpha value is -0.200. The fraction of sp³-hybridized carbons (Fsp3) is 0.667. The van der Waals surface area contributed by atoms with Gasteiger partial charge < -0.3 is 9.47 Å². The summed E-state index contributed by atoms with van der Waals surface area (Å²) >= 11 is 4.55. The van der Waals surface area contributed by atoms with Gasteiger partial charge in [0, 0.05) is 6.61 Å². The molecule has 1 rings (SSSR count). The van der Waals surface area contributed by atoms with Crippen LogP contribution in [0.1, 0.15) is 6.92 Å². The van der Waals surface area contributed by atoms with Crippen molar-refractivity contribution >= 4 is 27.3 Å². The van der Waals surface area contributed by atoms with Gasteiger partial charge in [-0.15, -0.1) is 5.10 Å². The minimum atomic E-state index is 0.523. The number of aromatic nitrogens is 2. The second-order valence-electron chi connectivity index (χ2n) is 1.87. The summed E-state index contributed by atoms with van der Waals surface area (Å²) in [5, 5.41) is 8.06. The Balaban J connectivity index is 2.15. The highest BCUT2D eigenvalue weighted by atomic mass is 79.9. The fourth-order valence-corrected chi connectivity index (χ4v) is 1.53. The Morgan fingerprint density at radius 3 is 2.83 bits per heavy atom. The number of nitrogens with zero attached hydrogens (tertiary/aromatic N) is 2. The predicted molar refractivity (Wildman–Crippen MR) is 49.6 cm³/mol. The Labute approximate surface area is 83.0 Å². The van der Waals surface area contributed by atoms with Crippen molar-refractivity contribution in [2.24, 2.45) is 0 Å². The molecule has 12 heavy (non-hydrogen) atoms. The van der Waals surface area contributed by atoms with Gasteiger partial charge in [0.2, 0.25) is 0 Å². The molecule has 0 aliphatic rings. The van der Waals surface area contributed by atoms with Crippen LogP contribution in [0.5, 0.6) is 5.19 Å². The van der Waals surface area contributed by atoms with Crippen LogP contribution in [0.25, 0.3) is 0 Å². The van der Waals surface area contributed by atoms with Gasteiger partial charge in [0.15, 0.2) is 3.92 Å². The zero-order valence-corrected chi connectivity index (χ0v) is 9.02. The molecule has 0 aromatic carbocycles. The molecule has 0 aliphatic carbocycles. The molecule has 0 bridgehead atoms. The van der Waals surface area contributed by atoms with Crippen molar-refractivity contribution in [3.8, 4) is 5.19 Å². The molecule has 0 fully saturated rings. The third kappa shape index (κ3) is 3.46. The molecule has 0 radical (unpaired) electrons. The van der Waals surface area contributed by atoms with Crippen LogP contribution in [-0.4, -0.2) is 30.0 Å². The number of halogens is 1. The molecule has 0 N–H and O–H groups in total. The Morgan fingerprint density at radius 2 is 2.25 bits per heavy atom. The predicted octanol–water partition coefficient (Wildman–Crippen LogP) is 1.72. The lowest BCUT2D eigenvalue weighted by molar-refractivity contribution is 0.110. The van der Waals surface area contributed by atoms with Crippen LogP contribution in [0.4, 0.5) is 0 Å². The van der Waals surface area contributed by atoms with E-state index < -0.39 is 0 Å². The van der Waals surface area contributed by atoms with Crippen LogP contribution in [0.3, 0.4) is 0 Å². The maximum absolute atomic E-state index is 5.22. The largest absolute Gasteiger partial charge is 0.466 e. The second-order valence-corrected chi connectivity index (χ2v) is 4.08. The number of ether oxygens (including phenoxy) is 2. The van der Waals surface area contributed by atoms with Gasteiger partial charge >= 0.3 is 0 Å². The van der Waals surface area contributed by atoms with Gasteiger partial charge in [0.05, 0.1) is 6.61 Å². The van der Waals surface area contributed by atoms with Crippen LogP contribution in [0, 0.1) is 0 Å². The first-order valence-electron chi connectivity index (χ1n) is 3.52. The number of hydrogen-bond acceptors (Lipinski definition) is 5. The van der Waals surface area contributed by atoms with E-state index in [2.05, 4.69) is 26.1 Å². The number of rotatable bonds is 5. The van der Waals surface area contributed by atoms with E-state index in [9.17, 15) is 0 Å². The van der Waals surface area contributed by atoms with Gasteiger partial charge in [0.1, 0.15) is 6.61 Å². The summed E-state index contributed by atoms with van der Waals surface area (Å²) in [6, 6.07) is 0. The first kappa shape index (κ1) is 9.88. The minimum absolute atomic E-state index is 0.523. The summed E-state index contributed by atoms with van der Waals surface area (Å²) in [5.41, 5.74) is 0. The summed E-state index contributed by atoms with van der Waals surface area (Å²) in [7, 11) is 0. The van der Waals surface area contributed by atoms with E-state index in [1.807, 2.05) is 6.92 Å². The van der Waals surface area contributed by atoms with Gasteiger partial charge in [-0.2, -0.15) is 0 Å². The van der Waals surface area contributed by atoms with Crippen LogP contribution in [-0.2, 0) is 4.74 Å². The number of hydrogen-bond donors (Lipinski definition) is 0.